The second-order valence-corrected chi connectivity index (χ2v) is 8.41. The molecule has 0 heterocycles. The van der Waals surface area contributed by atoms with E-state index in [1.807, 2.05) is 0 Å². The third kappa shape index (κ3) is 45.6. The first-order valence-electron chi connectivity index (χ1n) is 12.9. The quantitative estimate of drug-likeness (QED) is 0.0521. The van der Waals surface area contributed by atoms with Gasteiger partial charge in [-0.3, -0.25) is 18.9 Å². The lowest BCUT2D eigenvalue weighted by atomic mass is 10.4. The molecule has 0 bridgehead atoms. The van der Waals surface area contributed by atoms with Crippen molar-refractivity contribution in [3.05, 3.63) is 49.6 Å². The molecule has 28 heteroatoms. The number of alkyl halides is 16. The zero-order chi connectivity index (χ0) is 43.8. The Labute approximate surface area is 292 Å². The van der Waals surface area contributed by atoms with Crippen LogP contribution >= 0.6 is 0 Å². The zero-order valence-corrected chi connectivity index (χ0v) is 27.2. The maximum Gasteiger partial charge on any atom is 0.522 e. The van der Waals surface area contributed by atoms with Crippen molar-refractivity contribution in [1.82, 2.24) is 0 Å². The molecule has 0 fully saturated rings. The molecule has 0 saturated heterocycles. The van der Waals surface area contributed by atoms with Gasteiger partial charge in [-0.25, -0.2) is 19.2 Å². The molecule has 0 aliphatic rings. The molecule has 0 aromatic rings. The summed E-state index contributed by atoms with van der Waals surface area (Å²) < 4.78 is 213. The average molecular weight is 836 g/mol. The Hall–Kier alpha value is -4.44. The minimum absolute atomic E-state index is 0.131. The van der Waals surface area contributed by atoms with Crippen LogP contribution in [0.5, 0.6) is 0 Å². The Morgan fingerprint density at radius 3 is 1.07 bits per heavy atom. The van der Waals surface area contributed by atoms with Crippen LogP contribution in [0.4, 0.5) is 70.2 Å². The van der Waals surface area contributed by atoms with E-state index in [0.29, 0.717) is 6.08 Å². The van der Waals surface area contributed by atoms with E-state index < -0.39 is 101 Å². The summed E-state index contributed by atoms with van der Waals surface area (Å²) in [6.45, 7) is 8.06. The van der Waals surface area contributed by atoms with Crippen LogP contribution in [-0.2, 0) is 57.1 Å². The highest BCUT2D eigenvalue weighted by atomic mass is 19.4. The van der Waals surface area contributed by atoms with Crippen LogP contribution in [0.1, 0.15) is 13.8 Å². The van der Waals surface area contributed by atoms with Crippen molar-refractivity contribution in [1.29, 1.82) is 0 Å². The molecular weight excluding hydrogens is 808 g/mol. The van der Waals surface area contributed by atoms with Gasteiger partial charge in [0.2, 0.25) is 0 Å². The van der Waals surface area contributed by atoms with Crippen LogP contribution in [-0.4, -0.2) is 101 Å². The SMILES string of the molecule is C=C(C)C(=O)OC(F)(F)COC(F)(F)F.C=C(C)C(=O)OCCOC(F)(F)F.C=CC(=O)OC(F)(F)COC(F)(F)F.C=CC(=O)OCCOC(F)(F)F. The fraction of sp³-hybridized carbons (Fsp3) is 0.538. The molecule has 12 nitrogen and oxygen atoms in total. The fourth-order valence-corrected chi connectivity index (χ4v) is 1.58. The lowest BCUT2D eigenvalue weighted by Crippen LogP contribution is -2.33. The Bertz CT molecular complexity index is 1210. The van der Waals surface area contributed by atoms with Crippen molar-refractivity contribution in [2.24, 2.45) is 0 Å². The standard InChI is InChI=1S/C7H7F5O3.C7H9F3O3.C6H5F5O3.C6H7F3O3/c1-4(2)5(13)15-6(8,9)3-14-7(10,11)12;1-5(2)6(11)12-3-4-13-7(8,9)10;1-2-4(12)14-5(7,8)3-13-6(9,10)11;1-2-5(10)11-3-4-12-6(7,8)9/h1,3H2,2H3;1,3-4H2,2H3;2H,1,3H2;2H,1,3-4H2. The van der Waals surface area contributed by atoms with E-state index >= 15 is 0 Å². The molecule has 316 valence electrons. The molecule has 0 amide bonds. The van der Waals surface area contributed by atoms with Gasteiger partial charge in [-0.05, 0) is 13.8 Å². The normalized spacial score (nSPS) is 11.7. The van der Waals surface area contributed by atoms with Crippen molar-refractivity contribution in [3.8, 4) is 0 Å². The highest BCUT2D eigenvalue weighted by molar-refractivity contribution is 5.87. The number of rotatable bonds is 16. The van der Waals surface area contributed by atoms with E-state index in [0.717, 1.165) is 13.0 Å². The number of carbonyl (C=O) groups excluding carboxylic acids is 4. The smallest absolute Gasteiger partial charge is 0.460 e. The number of hydrogen-bond donors (Lipinski definition) is 0. The summed E-state index contributed by atoms with van der Waals surface area (Å²) in [4.78, 5) is 41.6. The summed E-state index contributed by atoms with van der Waals surface area (Å²) in [5, 5.41) is 0. The van der Waals surface area contributed by atoms with Gasteiger partial charge in [0.15, 0.2) is 13.2 Å². The maximum atomic E-state index is 12.5. The lowest BCUT2D eigenvalue weighted by Gasteiger charge is -2.17. The summed E-state index contributed by atoms with van der Waals surface area (Å²) in [7, 11) is 0. The Balaban J connectivity index is -0.000000310. The van der Waals surface area contributed by atoms with Gasteiger partial charge in [-0.1, -0.05) is 26.3 Å². The van der Waals surface area contributed by atoms with Crippen LogP contribution < -0.4 is 0 Å². The summed E-state index contributed by atoms with van der Waals surface area (Å²) in [5.74, 6) is -4.54. The summed E-state index contributed by atoms with van der Waals surface area (Å²) >= 11 is 0. The van der Waals surface area contributed by atoms with Crippen molar-refractivity contribution in [2.75, 3.05) is 39.6 Å². The number of carbonyl (C=O) groups is 4. The van der Waals surface area contributed by atoms with Gasteiger partial charge in [0, 0.05) is 23.3 Å². The van der Waals surface area contributed by atoms with E-state index in [4.69, 9.17) is 0 Å². The number of esters is 4. The van der Waals surface area contributed by atoms with Crippen molar-refractivity contribution >= 4 is 23.9 Å². The molecule has 0 aliphatic carbocycles. The molecule has 0 spiro atoms. The first-order chi connectivity index (χ1) is 24.0. The summed E-state index contributed by atoms with van der Waals surface area (Å²) in [5.41, 5.74) is -0.228. The van der Waals surface area contributed by atoms with Gasteiger partial charge in [-0.2, -0.15) is 17.6 Å². The maximum absolute atomic E-state index is 12.5. The van der Waals surface area contributed by atoms with E-state index in [2.05, 4.69) is 64.2 Å². The predicted octanol–water partition coefficient (Wildman–Crippen LogP) is 6.97. The van der Waals surface area contributed by atoms with Gasteiger partial charge in [0.1, 0.15) is 13.2 Å². The van der Waals surface area contributed by atoms with Gasteiger partial charge < -0.3 is 18.9 Å². The number of ether oxygens (including phenoxy) is 8. The topological polar surface area (TPSA) is 142 Å². The predicted molar refractivity (Wildman–Crippen MR) is 142 cm³/mol. The monoisotopic (exact) mass is 836 g/mol. The minimum atomic E-state index is -5.21. The molecule has 0 aromatic heterocycles. The van der Waals surface area contributed by atoms with Crippen LogP contribution in [0.25, 0.3) is 0 Å². The van der Waals surface area contributed by atoms with E-state index in [9.17, 15) is 89.4 Å². The Morgan fingerprint density at radius 2 is 0.778 bits per heavy atom. The Kier molecular flexibility index (Phi) is 26.6. The highest BCUT2D eigenvalue weighted by Gasteiger charge is 2.42. The van der Waals surface area contributed by atoms with E-state index in [-0.39, 0.29) is 11.1 Å². The minimum Gasteiger partial charge on any atom is -0.460 e. The molecular formula is C26H28F16O12. The van der Waals surface area contributed by atoms with Gasteiger partial charge in [0.05, 0.1) is 13.2 Å². The second-order valence-electron chi connectivity index (χ2n) is 8.41. The highest BCUT2D eigenvalue weighted by Crippen LogP contribution is 2.24. The second kappa shape index (κ2) is 25.6. The van der Waals surface area contributed by atoms with Crippen LogP contribution in [0.3, 0.4) is 0 Å². The molecule has 0 aliphatic heterocycles. The van der Waals surface area contributed by atoms with Gasteiger partial charge in [0.25, 0.3) is 0 Å². The van der Waals surface area contributed by atoms with Gasteiger partial charge >= 0.3 is 61.5 Å². The van der Waals surface area contributed by atoms with E-state index in [1.54, 1.807) is 0 Å². The first-order valence-corrected chi connectivity index (χ1v) is 12.9. The third-order valence-electron chi connectivity index (χ3n) is 3.51. The molecule has 0 radical (unpaired) electrons. The molecule has 0 atom stereocenters. The van der Waals surface area contributed by atoms with Gasteiger partial charge in [-0.15, -0.1) is 52.7 Å². The summed E-state index contributed by atoms with van der Waals surface area (Å²) in [6, 6.07) is 0. The first kappa shape index (κ1) is 56.3. The molecule has 0 aromatic carbocycles. The third-order valence-corrected chi connectivity index (χ3v) is 3.51. The van der Waals surface area contributed by atoms with Crippen LogP contribution in [0.15, 0.2) is 49.6 Å². The molecule has 0 unspecified atom stereocenters. The number of halogens is 16. The largest absolute Gasteiger partial charge is 0.522 e. The fourth-order valence-electron chi connectivity index (χ4n) is 1.58. The summed E-state index contributed by atoms with van der Waals surface area (Å²) in [6.07, 6.45) is -27.2. The van der Waals surface area contributed by atoms with E-state index in [1.165, 1.54) is 6.92 Å². The molecule has 0 rings (SSSR count). The Morgan fingerprint density at radius 1 is 0.463 bits per heavy atom. The van der Waals surface area contributed by atoms with Crippen molar-refractivity contribution in [3.63, 3.8) is 0 Å². The lowest BCUT2D eigenvalue weighted by molar-refractivity contribution is -0.363. The molecule has 0 N–H and O–H groups in total. The molecule has 54 heavy (non-hydrogen) atoms. The van der Waals surface area contributed by atoms with Crippen LogP contribution in [0.2, 0.25) is 0 Å². The molecule has 0 saturated carbocycles. The van der Waals surface area contributed by atoms with Crippen LogP contribution in [0, 0.1) is 0 Å². The van der Waals surface area contributed by atoms with Crippen molar-refractivity contribution in [2.45, 2.75) is 51.5 Å². The van der Waals surface area contributed by atoms with Crippen molar-refractivity contribution < 1.29 is 127 Å². The number of hydrogen-bond acceptors (Lipinski definition) is 12. The zero-order valence-electron chi connectivity index (χ0n) is 27.2. The average Bonchev–Trinajstić information content (AvgIpc) is 2.98.